The number of nitrogens with one attached hydrogen (secondary N) is 2. The van der Waals surface area contributed by atoms with Gasteiger partial charge in [-0.1, -0.05) is 0 Å². The van der Waals surface area contributed by atoms with Crippen molar-refractivity contribution in [2.24, 2.45) is 0 Å². The highest BCUT2D eigenvalue weighted by Crippen LogP contribution is 2.38. The second-order valence-electron chi connectivity index (χ2n) is 4.97. The van der Waals surface area contributed by atoms with E-state index in [4.69, 9.17) is 0 Å². The van der Waals surface area contributed by atoms with E-state index in [0.717, 1.165) is 11.4 Å². The summed E-state index contributed by atoms with van der Waals surface area (Å²) in [5.41, 5.74) is 2.16. The van der Waals surface area contributed by atoms with E-state index in [1.807, 2.05) is 6.92 Å². The molecule has 0 bridgehead atoms. The predicted molar refractivity (Wildman–Crippen MR) is 66.6 cm³/mol. The molecule has 2 rings (SSSR count). The second kappa shape index (κ2) is 4.78. The molecule has 0 aliphatic heterocycles. The zero-order chi connectivity index (χ0) is 12.5. The minimum absolute atomic E-state index is 0.0438. The monoisotopic (exact) mass is 257 g/mol. The summed E-state index contributed by atoms with van der Waals surface area (Å²) in [5, 5.41) is 10.4. The summed E-state index contributed by atoms with van der Waals surface area (Å²) < 4.78 is 22.2. The van der Waals surface area contributed by atoms with Crippen molar-refractivity contribution in [2.75, 3.05) is 12.0 Å². The Bertz CT molecular complexity index is 477. The number of nitrogens with zero attached hydrogens (tertiary/aromatic N) is 1. The number of hydrogen-bond donors (Lipinski definition) is 2. The van der Waals surface area contributed by atoms with Crippen LogP contribution in [0.1, 0.15) is 37.1 Å². The molecule has 1 heterocycles. The normalized spacial score (nSPS) is 18.2. The molecule has 0 spiro atoms. The van der Waals surface area contributed by atoms with Crippen molar-refractivity contribution < 1.29 is 8.42 Å². The Balaban J connectivity index is 1.80. The number of aromatic amines is 1. The lowest BCUT2D eigenvalue weighted by Crippen LogP contribution is -2.32. The quantitative estimate of drug-likeness (QED) is 0.791. The van der Waals surface area contributed by atoms with Crippen LogP contribution in [-0.4, -0.2) is 36.7 Å². The Kier molecular flexibility index (Phi) is 3.53. The maximum absolute atomic E-state index is 11.1. The van der Waals surface area contributed by atoms with Crippen molar-refractivity contribution in [2.45, 2.75) is 38.3 Å². The van der Waals surface area contributed by atoms with Gasteiger partial charge in [0.1, 0.15) is 9.84 Å². The average molecular weight is 257 g/mol. The number of sulfone groups is 1. The van der Waals surface area contributed by atoms with Crippen molar-refractivity contribution >= 4 is 9.84 Å². The number of H-pyrrole nitrogens is 1. The van der Waals surface area contributed by atoms with E-state index in [1.165, 1.54) is 19.1 Å². The SMILES string of the molecule is C[C@@H](CS(C)(=O)=O)NCc1cc(C2CC2)n[nH]1. The Morgan fingerprint density at radius 3 is 2.88 bits per heavy atom. The summed E-state index contributed by atoms with van der Waals surface area (Å²) in [7, 11) is -2.91. The van der Waals surface area contributed by atoms with Gasteiger partial charge in [-0.05, 0) is 25.8 Å². The highest BCUT2D eigenvalue weighted by atomic mass is 32.2. The van der Waals surface area contributed by atoms with Gasteiger partial charge in [-0.25, -0.2) is 8.42 Å². The summed E-state index contributed by atoms with van der Waals surface area (Å²) in [6.07, 6.45) is 3.73. The van der Waals surface area contributed by atoms with E-state index in [2.05, 4.69) is 21.6 Å². The zero-order valence-corrected chi connectivity index (χ0v) is 11.0. The van der Waals surface area contributed by atoms with Gasteiger partial charge in [0.05, 0.1) is 11.4 Å². The number of rotatable bonds is 6. The maximum atomic E-state index is 11.1. The molecule has 5 nitrogen and oxygen atoms in total. The van der Waals surface area contributed by atoms with Crippen LogP contribution in [0.3, 0.4) is 0 Å². The number of hydrogen-bond acceptors (Lipinski definition) is 4. The van der Waals surface area contributed by atoms with Gasteiger partial charge in [0.2, 0.25) is 0 Å². The lowest BCUT2D eigenvalue weighted by molar-refractivity contribution is 0.556. The minimum atomic E-state index is -2.91. The van der Waals surface area contributed by atoms with Gasteiger partial charge >= 0.3 is 0 Å². The summed E-state index contributed by atoms with van der Waals surface area (Å²) >= 11 is 0. The smallest absolute Gasteiger partial charge is 0.148 e. The van der Waals surface area contributed by atoms with Crippen LogP contribution < -0.4 is 5.32 Å². The molecule has 96 valence electrons. The van der Waals surface area contributed by atoms with Crippen LogP contribution >= 0.6 is 0 Å². The largest absolute Gasteiger partial charge is 0.308 e. The highest BCUT2D eigenvalue weighted by molar-refractivity contribution is 7.90. The van der Waals surface area contributed by atoms with Crippen molar-refractivity contribution in [1.82, 2.24) is 15.5 Å². The zero-order valence-electron chi connectivity index (χ0n) is 10.2. The fourth-order valence-corrected chi connectivity index (χ4v) is 2.88. The van der Waals surface area contributed by atoms with Crippen LogP contribution in [0, 0.1) is 0 Å². The van der Waals surface area contributed by atoms with Gasteiger partial charge < -0.3 is 5.32 Å². The van der Waals surface area contributed by atoms with Gasteiger partial charge in [-0.2, -0.15) is 5.10 Å². The molecule has 0 unspecified atom stereocenters. The lowest BCUT2D eigenvalue weighted by atomic mass is 10.2. The van der Waals surface area contributed by atoms with Gasteiger partial charge in [0.25, 0.3) is 0 Å². The van der Waals surface area contributed by atoms with E-state index in [9.17, 15) is 8.42 Å². The fraction of sp³-hybridized carbons (Fsp3) is 0.727. The van der Waals surface area contributed by atoms with Crippen LogP contribution in [0.5, 0.6) is 0 Å². The first kappa shape index (κ1) is 12.6. The molecule has 1 atom stereocenters. The Hall–Kier alpha value is -0.880. The maximum Gasteiger partial charge on any atom is 0.148 e. The van der Waals surface area contributed by atoms with Crippen LogP contribution in [-0.2, 0) is 16.4 Å². The second-order valence-corrected chi connectivity index (χ2v) is 7.15. The third-order valence-electron chi connectivity index (χ3n) is 2.84. The Morgan fingerprint density at radius 1 is 1.59 bits per heavy atom. The molecule has 0 amide bonds. The van der Waals surface area contributed by atoms with Crippen molar-refractivity contribution in [3.8, 4) is 0 Å². The molecule has 1 aliphatic rings. The van der Waals surface area contributed by atoms with Crippen molar-refractivity contribution in [3.05, 3.63) is 17.5 Å². The third kappa shape index (κ3) is 4.12. The molecule has 17 heavy (non-hydrogen) atoms. The van der Waals surface area contributed by atoms with Crippen molar-refractivity contribution in [1.29, 1.82) is 0 Å². The van der Waals surface area contributed by atoms with E-state index in [0.29, 0.717) is 12.5 Å². The minimum Gasteiger partial charge on any atom is -0.308 e. The van der Waals surface area contributed by atoms with Crippen LogP contribution in [0.15, 0.2) is 6.07 Å². The van der Waals surface area contributed by atoms with Gasteiger partial charge in [-0.15, -0.1) is 0 Å². The molecule has 1 aliphatic carbocycles. The van der Waals surface area contributed by atoms with Crippen molar-refractivity contribution in [3.63, 3.8) is 0 Å². The molecule has 2 N–H and O–H groups in total. The van der Waals surface area contributed by atoms with Gasteiger partial charge in [-0.3, -0.25) is 5.10 Å². The summed E-state index contributed by atoms with van der Waals surface area (Å²) in [4.78, 5) is 0. The van der Waals surface area contributed by atoms with E-state index in [-0.39, 0.29) is 11.8 Å². The first-order valence-electron chi connectivity index (χ1n) is 5.89. The molecular weight excluding hydrogens is 238 g/mol. The Labute approximate surface area is 102 Å². The molecular formula is C11H19N3O2S. The molecule has 1 fully saturated rings. The first-order valence-corrected chi connectivity index (χ1v) is 7.95. The molecule has 6 heteroatoms. The molecule has 0 saturated heterocycles. The summed E-state index contributed by atoms with van der Waals surface area (Å²) in [6, 6.07) is 2.02. The predicted octanol–water partition coefficient (Wildman–Crippen LogP) is 0.810. The molecule has 1 saturated carbocycles. The topological polar surface area (TPSA) is 74.8 Å². The standard InChI is InChI=1S/C11H19N3O2S/c1-8(7-17(2,15)16)12-6-10-5-11(14-13-10)9-3-4-9/h5,8-9,12H,3-4,6-7H2,1-2H3,(H,13,14)/t8-/m0/s1. The Morgan fingerprint density at radius 2 is 2.29 bits per heavy atom. The molecule has 0 aromatic carbocycles. The third-order valence-corrected chi connectivity index (χ3v) is 3.95. The number of aromatic nitrogens is 2. The highest BCUT2D eigenvalue weighted by Gasteiger charge is 2.26. The van der Waals surface area contributed by atoms with Crippen LogP contribution in [0.4, 0.5) is 0 Å². The van der Waals surface area contributed by atoms with Gasteiger partial charge in [0, 0.05) is 30.5 Å². The average Bonchev–Trinajstić information content (AvgIpc) is 2.93. The van der Waals surface area contributed by atoms with E-state index in [1.54, 1.807) is 0 Å². The van der Waals surface area contributed by atoms with Gasteiger partial charge in [0.15, 0.2) is 0 Å². The molecule has 1 aromatic rings. The van der Waals surface area contributed by atoms with Crippen LogP contribution in [0.25, 0.3) is 0 Å². The van der Waals surface area contributed by atoms with E-state index < -0.39 is 9.84 Å². The summed E-state index contributed by atoms with van der Waals surface area (Å²) in [6.45, 7) is 2.51. The lowest BCUT2D eigenvalue weighted by Gasteiger charge is -2.11. The summed E-state index contributed by atoms with van der Waals surface area (Å²) in [5.74, 6) is 0.810. The molecule has 0 radical (unpaired) electrons. The van der Waals surface area contributed by atoms with Crippen LogP contribution in [0.2, 0.25) is 0 Å². The van der Waals surface area contributed by atoms with E-state index >= 15 is 0 Å². The molecule has 1 aromatic heterocycles. The first-order chi connectivity index (χ1) is 7.94. The fourth-order valence-electron chi connectivity index (χ4n) is 1.86.